The predicted molar refractivity (Wildman–Crippen MR) is 56.6 cm³/mol. The van der Waals surface area contributed by atoms with Crippen molar-refractivity contribution in [3.63, 3.8) is 0 Å². The molecule has 3 nitrogen and oxygen atoms in total. The lowest BCUT2D eigenvalue weighted by Gasteiger charge is -2.41. The molecule has 0 aromatic heterocycles. The molecule has 2 aliphatic heterocycles. The van der Waals surface area contributed by atoms with Crippen LogP contribution in [0.25, 0.3) is 0 Å². The summed E-state index contributed by atoms with van der Waals surface area (Å²) in [4.78, 5) is 0. The number of fused-ring (bicyclic) bond motifs is 4. The fourth-order valence-electron chi connectivity index (χ4n) is 2.41. The van der Waals surface area contributed by atoms with E-state index in [1.807, 2.05) is 7.05 Å². The first-order valence-electron chi connectivity index (χ1n) is 5.40. The van der Waals surface area contributed by atoms with Crippen molar-refractivity contribution < 1.29 is 9.47 Å². The topological polar surface area (TPSA) is 30.5 Å². The number of hydrogen-bond donors (Lipinski definition) is 1. The highest BCUT2D eigenvalue weighted by Gasteiger charge is 2.37. The molecule has 15 heavy (non-hydrogen) atoms. The Labute approximate surface area is 89.4 Å². The van der Waals surface area contributed by atoms with Crippen molar-refractivity contribution in [3.8, 4) is 0 Å². The summed E-state index contributed by atoms with van der Waals surface area (Å²) in [5.41, 5.74) is 2.68. The van der Waals surface area contributed by atoms with Gasteiger partial charge in [-0.2, -0.15) is 0 Å². The Morgan fingerprint density at radius 2 is 2.20 bits per heavy atom. The van der Waals surface area contributed by atoms with Gasteiger partial charge in [-0.1, -0.05) is 24.3 Å². The molecule has 0 aliphatic carbocycles. The van der Waals surface area contributed by atoms with Gasteiger partial charge in [-0.15, -0.1) is 0 Å². The average molecular weight is 205 g/mol. The zero-order valence-corrected chi connectivity index (χ0v) is 8.77. The van der Waals surface area contributed by atoms with Gasteiger partial charge in [0.1, 0.15) is 6.10 Å². The number of ether oxygens (including phenoxy) is 2. The first-order chi connectivity index (χ1) is 7.38. The van der Waals surface area contributed by atoms with Gasteiger partial charge in [0.15, 0.2) is 6.29 Å². The molecule has 0 unspecified atom stereocenters. The van der Waals surface area contributed by atoms with Crippen LogP contribution < -0.4 is 5.32 Å². The normalized spacial score (nSPS) is 33.5. The molecule has 3 atom stereocenters. The van der Waals surface area contributed by atoms with E-state index in [1.54, 1.807) is 0 Å². The number of hydrogen-bond acceptors (Lipinski definition) is 3. The largest absolute Gasteiger partial charge is 0.351 e. The van der Waals surface area contributed by atoms with E-state index >= 15 is 0 Å². The molecular formula is C12H15NO2. The minimum atomic E-state index is -0.0468. The van der Waals surface area contributed by atoms with Crippen LogP contribution in [-0.4, -0.2) is 26.0 Å². The summed E-state index contributed by atoms with van der Waals surface area (Å²) < 4.78 is 11.5. The van der Waals surface area contributed by atoms with Crippen LogP contribution in [0.15, 0.2) is 24.3 Å². The summed E-state index contributed by atoms with van der Waals surface area (Å²) in [6.07, 6.45) is 0.983. The smallest absolute Gasteiger partial charge is 0.162 e. The van der Waals surface area contributed by atoms with Crippen molar-refractivity contribution in [1.29, 1.82) is 0 Å². The molecule has 3 rings (SSSR count). The Hall–Kier alpha value is -0.900. The van der Waals surface area contributed by atoms with E-state index < -0.39 is 0 Å². The maximum atomic E-state index is 5.87. The molecule has 0 amide bonds. The Bertz CT molecular complexity index is 366. The molecule has 1 N–H and O–H groups in total. The summed E-state index contributed by atoms with van der Waals surface area (Å²) in [7, 11) is 1.95. The molecule has 0 saturated carbocycles. The molecule has 3 heteroatoms. The van der Waals surface area contributed by atoms with E-state index in [2.05, 4.69) is 29.6 Å². The first-order valence-corrected chi connectivity index (χ1v) is 5.40. The maximum absolute atomic E-state index is 5.87. The van der Waals surface area contributed by atoms with Crippen LogP contribution in [0, 0.1) is 0 Å². The van der Waals surface area contributed by atoms with Crippen LogP contribution in [0.3, 0.4) is 0 Å². The predicted octanol–water partition coefficient (Wildman–Crippen LogP) is 1.24. The van der Waals surface area contributed by atoms with Crippen molar-refractivity contribution in [3.05, 3.63) is 35.4 Å². The SMILES string of the molecule is CN[C@H]1CO[C@@H]2Cc3ccccc3[C@H]1O2. The minimum Gasteiger partial charge on any atom is -0.351 e. The lowest BCUT2D eigenvalue weighted by atomic mass is 9.91. The van der Waals surface area contributed by atoms with E-state index in [0.717, 1.165) is 13.0 Å². The maximum Gasteiger partial charge on any atom is 0.162 e. The zero-order valence-electron chi connectivity index (χ0n) is 8.77. The van der Waals surface area contributed by atoms with Gasteiger partial charge in [0.25, 0.3) is 0 Å². The van der Waals surface area contributed by atoms with Crippen molar-refractivity contribution in [2.75, 3.05) is 13.7 Å². The third-order valence-corrected chi connectivity index (χ3v) is 3.24. The van der Waals surface area contributed by atoms with E-state index in [4.69, 9.17) is 9.47 Å². The number of nitrogens with one attached hydrogen (secondary N) is 1. The second-order valence-corrected chi connectivity index (χ2v) is 4.12. The van der Waals surface area contributed by atoms with Crippen molar-refractivity contribution in [2.45, 2.75) is 24.9 Å². The van der Waals surface area contributed by atoms with Crippen LogP contribution >= 0.6 is 0 Å². The standard InChI is InChI=1S/C12H15NO2/c1-13-10-7-14-11-6-8-4-2-3-5-9(8)12(10)15-11/h2-5,10-13H,6-7H2,1H3/t10-,11-,12+/m0/s1. The second-order valence-electron chi connectivity index (χ2n) is 4.12. The van der Waals surface area contributed by atoms with Gasteiger partial charge < -0.3 is 14.8 Å². The van der Waals surface area contributed by atoms with E-state index in [0.29, 0.717) is 0 Å². The molecule has 2 heterocycles. The Morgan fingerprint density at radius 3 is 3.07 bits per heavy atom. The zero-order chi connectivity index (χ0) is 10.3. The van der Waals surface area contributed by atoms with Crippen LogP contribution in [-0.2, 0) is 15.9 Å². The van der Waals surface area contributed by atoms with E-state index in [-0.39, 0.29) is 18.4 Å². The highest BCUT2D eigenvalue weighted by atomic mass is 16.7. The number of rotatable bonds is 1. The lowest BCUT2D eigenvalue weighted by molar-refractivity contribution is -0.232. The quantitative estimate of drug-likeness (QED) is 0.748. The summed E-state index contributed by atoms with van der Waals surface area (Å²) in [5, 5.41) is 3.25. The van der Waals surface area contributed by atoms with Crippen LogP contribution in [0.1, 0.15) is 17.2 Å². The van der Waals surface area contributed by atoms with Crippen LogP contribution in [0.2, 0.25) is 0 Å². The fourth-order valence-corrected chi connectivity index (χ4v) is 2.41. The van der Waals surface area contributed by atoms with Gasteiger partial charge in [0, 0.05) is 6.42 Å². The molecule has 1 fully saturated rings. The Morgan fingerprint density at radius 1 is 1.33 bits per heavy atom. The van der Waals surface area contributed by atoms with Crippen molar-refractivity contribution in [2.24, 2.45) is 0 Å². The lowest BCUT2D eigenvalue weighted by Crippen LogP contribution is -2.48. The van der Waals surface area contributed by atoms with Crippen LogP contribution in [0.5, 0.6) is 0 Å². The summed E-state index contributed by atoms with van der Waals surface area (Å²) in [6.45, 7) is 0.736. The molecule has 80 valence electrons. The van der Waals surface area contributed by atoms with Crippen molar-refractivity contribution >= 4 is 0 Å². The molecule has 1 aromatic carbocycles. The Balaban J connectivity index is 2.01. The van der Waals surface area contributed by atoms with E-state index in [9.17, 15) is 0 Å². The monoisotopic (exact) mass is 205 g/mol. The molecule has 1 saturated heterocycles. The number of likely N-dealkylation sites (N-methyl/N-ethyl adjacent to an activating group) is 1. The summed E-state index contributed by atoms with van der Waals surface area (Å²) in [6, 6.07) is 8.74. The highest BCUT2D eigenvalue weighted by Crippen LogP contribution is 2.36. The molecule has 2 bridgehead atoms. The minimum absolute atomic E-state index is 0.0468. The fraction of sp³-hybridized carbons (Fsp3) is 0.500. The van der Waals surface area contributed by atoms with Gasteiger partial charge in [-0.3, -0.25) is 0 Å². The second kappa shape index (κ2) is 3.59. The Kier molecular flexibility index (Phi) is 2.24. The third kappa shape index (κ3) is 1.47. The average Bonchev–Trinajstić information content (AvgIpc) is 2.30. The first kappa shape index (κ1) is 9.33. The summed E-state index contributed by atoms with van der Waals surface area (Å²) in [5.74, 6) is 0. The highest BCUT2D eigenvalue weighted by molar-refractivity contribution is 5.32. The molecule has 0 radical (unpaired) electrons. The van der Waals surface area contributed by atoms with Gasteiger partial charge in [-0.25, -0.2) is 0 Å². The van der Waals surface area contributed by atoms with Gasteiger partial charge in [-0.05, 0) is 18.2 Å². The van der Waals surface area contributed by atoms with Crippen molar-refractivity contribution in [1.82, 2.24) is 5.32 Å². The summed E-state index contributed by atoms with van der Waals surface area (Å²) >= 11 is 0. The van der Waals surface area contributed by atoms with Gasteiger partial charge in [0.05, 0.1) is 12.6 Å². The van der Waals surface area contributed by atoms with Crippen LogP contribution in [0.4, 0.5) is 0 Å². The van der Waals surface area contributed by atoms with E-state index in [1.165, 1.54) is 11.1 Å². The molecule has 1 aromatic rings. The third-order valence-electron chi connectivity index (χ3n) is 3.24. The van der Waals surface area contributed by atoms with Gasteiger partial charge >= 0.3 is 0 Å². The molecular weight excluding hydrogens is 190 g/mol. The molecule has 0 spiro atoms. The van der Waals surface area contributed by atoms with Gasteiger partial charge in [0.2, 0.25) is 0 Å². The molecule has 2 aliphatic rings. The number of benzene rings is 1.